The van der Waals surface area contributed by atoms with Gasteiger partial charge in [0.1, 0.15) is 5.82 Å². The van der Waals surface area contributed by atoms with Crippen LogP contribution >= 0.6 is 0 Å². The Morgan fingerprint density at radius 1 is 1.48 bits per heavy atom. The molecule has 2 fully saturated rings. The molecule has 0 unspecified atom stereocenters. The standard InChI is InChI=1S/C16H21FN4O2/c1-10-16(23)21-8-13(19-11(2)22)5-14(21)9-20(10)7-12-3-4-18-6-15(12)17/h3-4,6,10,13-14H,5,7-9H2,1-2H3,(H,19,22)/t10-,13-,14-/m0/s1. The Morgan fingerprint density at radius 3 is 2.96 bits per heavy atom. The third-order valence-electron chi connectivity index (χ3n) is 4.69. The highest BCUT2D eigenvalue weighted by molar-refractivity contribution is 5.83. The molecule has 0 radical (unpaired) electrons. The Labute approximate surface area is 134 Å². The third kappa shape index (κ3) is 3.19. The van der Waals surface area contributed by atoms with E-state index in [4.69, 9.17) is 0 Å². The molecule has 1 aromatic heterocycles. The number of aromatic nitrogens is 1. The van der Waals surface area contributed by atoms with Gasteiger partial charge in [-0.2, -0.15) is 0 Å². The first kappa shape index (κ1) is 15.9. The molecule has 2 saturated heterocycles. The third-order valence-corrected chi connectivity index (χ3v) is 4.69. The van der Waals surface area contributed by atoms with Crippen LogP contribution < -0.4 is 5.32 Å². The quantitative estimate of drug-likeness (QED) is 0.882. The summed E-state index contributed by atoms with van der Waals surface area (Å²) in [6.07, 6.45) is 3.50. The SMILES string of the molecule is CC(=O)N[C@H]1C[C@H]2CN(Cc3ccncc3F)[C@@H](C)C(=O)N2C1. The highest BCUT2D eigenvalue weighted by Crippen LogP contribution is 2.27. The van der Waals surface area contributed by atoms with E-state index < -0.39 is 0 Å². The zero-order valence-corrected chi connectivity index (χ0v) is 13.3. The van der Waals surface area contributed by atoms with E-state index in [2.05, 4.69) is 10.3 Å². The fraction of sp³-hybridized carbons (Fsp3) is 0.562. The Balaban J connectivity index is 1.72. The molecule has 23 heavy (non-hydrogen) atoms. The molecule has 3 heterocycles. The zero-order chi connectivity index (χ0) is 16.6. The molecule has 0 saturated carbocycles. The summed E-state index contributed by atoms with van der Waals surface area (Å²) in [5, 5.41) is 2.89. The van der Waals surface area contributed by atoms with Crippen LogP contribution in [0.4, 0.5) is 4.39 Å². The number of pyridine rings is 1. The van der Waals surface area contributed by atoms with E-state index in [1.807, 2.05) is 16.7 Å². The Morgan fingerprint density at radius 2 is 2.26 bits per heavy atom. The lowest BCUT2D eigenvalue weighted by Crippen LogP contribution is -2.58. The van der Waals surface area contributed by atoms with Gasteiger partial charge in [-0.15, -0.1) is 0 Å². The smallest absolute Gasteiger partial charge is 0.240 e. The first-order valence-electron chi connectivity index (χ1n) is 7.85. The van der Waals surface area contributed by atoms with Gasteiger partial charge in [0.2, 0.25) is 11.8 Å². The summed E-state index contributed by atoms with van der Waals surface area (Å²) in [6, 6.07) is 1.43. The van der Waals surface area contributed by atoms with Crippen LogP contribution in [0.2, 0.25) is 0 Å². The minimum Gasteiger partial charge on any atom is -0.352 e. The molecular weight excluding hydrogens is 299 g/mol. The van der Waals surface area contributed by atoms with Crippen molar-refractivity contribution in [1.29, 1.82) is 0 Å². The second-order valence-electron chi connectivity index (χ2n) is 6.35. The van der Waals surface area contributed by atoms with Gasteiger partial charge in [-0.25, -0.2) is 4.39 Å². The van der Waals surface area contributed by atoms with Crippen LogP contribution in [-0.4, -0.2) is 57.8 Å². The molecule has 0 aromatic carbocycles. The van der Waals surface area contributed by atoms with Gasteiger partial charge in [0.25, 0.3) is 0 Å². The van der Waals surface area contributed by atoms with Crippen LogP contribution in [0.3, 0.4) is 0 Å². The van der Waals surface area contributed by atoms with Gasteiger partial charge in [0.05, 0.1) is 12.2 Å². The molecule has 1 N–H and O–H groups in total. The van der Waals surface area contributed by atoms with Crippen molar-refractivity contribution >= 4 is 11.8 Å². The minimum absolute atomic E-state index is 0.00580. The van der Waals surface area contributed by atoms with Gasteiger partial charge in [0, 0.05) is 50.4 Å². The predicted molar refractivity (Wildman–Crippen MR) is 81.8 cm³/mol. The number of fused-ring (bicyclic) bond motifs is 1. The summed E-state index contributed by atoms with van der Waals surface area (Å²) in [6.45, 7) is 4.97. The van der Waals surface area contributed by atoms with Crippen LogP contribution in [0.5, 0.6) is 0 Å². The molecule has 0 bridgehead atoms. The summed E-state index contributed by atoms with van der Waals surface area (Å²) in [7, 11) is 0. The monoisotopic (exact) mass is 320 g/mol. The van der Waals surface area contributed by atoms with E-state index >= 15 is 0 Å². The normalized spacial score (nSPS) is 27.9. The van der Waals surface area contributed by atoms with Crippen molar-refractivity contribution < 1.29 is 14.0 Å². The maximum absolute atomic E-state index is 13.8. The summed E-state index contributed by atoms with van der Waals surface area (Å²) in [5.41, 5.74) is 0.546. The first-order chi connectivity index (χ1) is 11.0. The number of piperazine rings is 1. The molecule has 124 valence electrons. The molecular formula is C16H21FN4O2. The van der Waals surface area contributed by atoms with E-state index in [-0.39, 0.29) is 35.8 Å². The van der Waals surface area contributed by atoms with Crippen LogP contribution in [0.1, 0.15) is 25.8 Å². The molecule has 3 rings (SSSR count). The number of hydrogen-bond acceptors (Lipinski definition) is 4. The van der Waals surface area contributed by atoms with Crippen molar-refractivity contribution in [3.8, 4) is 0 Å². The zero-order valence-electron chi connectivity index (χ0n) is 13.3. The van der Waals surface area contributed by atoms with E-state index in [1.165, 1.54) is 13.1 Å². The highest BCUT2D eigenvalue weighted by Gasteiger charge is 2.43. The van der Waals surface area contributed by atoms with Crippen LogP contribution in [-0.2, 0) is 16.1 Å². The number of rotatable bonds is 3. The van der Waals surface area contributed by atoms with Crippen LogP contribution in [0.15, 0.2) is 18.5 Å². The van der Waals surface area contributed by atoms with Crippen molar-refractivity contribution in [2.45, 2.75) is 44.9 Å². The summed E-state index contributed by atoms with van der Waals surface area (Å²) in [4.78, 5) is 31.4. The second kappa shape index (κ2) is 6.23. The molecule has 2 amide bonds. The molecule has 0 aliphatic carbocycles. The summed E-state index contributed by atoms with van der Waals surface area (Å²) >= 11 is 0. The number of halogens is 1. The number of hydrogen-bond donors (Lipinski definition) is 1. The Hall–Kier alpha value is -2.02. The van der Waals surface area contributed by atoms with Gasteiger partial charge >= 0.3 is 0 Å². The van der Waals surface area contributed by atoms with Gasteiger partial charge < -0.3 is 10.2 Å². The van der Waals surface area contributed by atoms with E-state index in [9.17, 15) is 14.0 Å². The van der Waals surface area contributed by atoms with Gasteiger partial charge in [-0.3, -0.25) is 19.5 Å². The van der Waals surface area contributed by atoms with Gasteiger partial charge in [-0.05, 0) is 19.4 Å². The fourth-order valence-corrected chi connectivity index (χ4v) is 3.53. The fourth-order valence-electron chi connectivity index (χ4n) is 3.53. The maximum Gasteiger partial charge on any atom is 0.240 e. The second-order valence-corrected chi connectivity index (χ2v) is 6.35. The molecule has 7 heteroatoms. The summed E-state index contributed by atoms with van der Waals surface area (Å²) < 4.78 is 13.8. The molecule has 6 nitrogen and oxygen atoms in total. The lowest BCUT2D eigenvalue weighted by molar-refractivity contribution is -0.143. The lowest BCUT2D eigenvalue weighted by atomic mass is 10.1. The number of amides is 2. The van der Waals surface area contributed by atoms with Crippen molar-refractivity contribution in [3.05, 3.63) is 29.8 Å². The van der Waals surface area contributed by atoms with Crippen molar-refractivity contribution in [1.82, 2.24) is 20.1 Å². The summed E-state index contributed by atoms with van der Waals surface area (Å²) in [5.74, 6) is -0.383. The Kier molecular flexibility index (Phi) is 4.30. The Bertz CT molecular complexity index is 624. The topological polar surface area (TPSA) is 65.5 Å². The molecule has 0 spiro atoms. The molecule has 2 aliphatic rings. The number of carbonyl (C=O) groups excluding carboxylic acids is 2. The van der Waals surface area contributed by atoms with Gasteiger partial charge in [0.15, 0.2) is 0 Å². The van der Waals surface area contributed by atoms with Crippen LogP contribution in [0.25, 0.3) is 0 Å². The minimum atomic E-state index is -0.350. The molecule has 1 aromatic rings. The van der Waals surface area contributed by atoms with E-state index in [0.29, 0.717) is 25.2 Å². The lowest BCUT2D eigenvalue weighted by Gasteiger charge is -2.41. The van der Waals surface area contributed by atoms with E-state index in [0.717, 1.165) is 6.42 Å². The number of nitrogens with one attached hydrogen (secondary N) is 1. The number of nitrogens with zero attached hydrogens (tertiary/aromatic N) is 3. The molecule has 2 aliphatic heterocycles. The van der Waals surface area contributed by atoms with Gasteiger partial charge in [-0.1, -0.05) is 0 Å². The molecule has 3 atom stereocenters. The average molecular weight is 320 g/mol. The highest BCUT2D eigenvalue weighted by atomic mass is 19.1. The number of carbonyl (C=O) groups is 2. The first-order valence-corrected chi connectivity index (χ1v) is 7.85. The van der Waals surface area contributed by atoms with Crippen LogP contribution in [0, 0.1) is 5.82 Å². The maximum atomic E-state index is 13.8. The van der Waals surface area contributed by atoms with E-state index in [1.54, 1.807) is 12.3 Å². The average Bonchev–Trinajstić information content (AvgIpc) is 2.88. The van der Waals surface area contributed by atoms with Crippen molar-refractivity contribution in [2.75, 3.05) is 13.1 Å². The van der Waals surface area contributed by atoms with Crippen molar-refractivity contribution in [3.63, 3.8) is 0 Å². The largest absolute Gasteiger partial charge is 0.352 e. The predicted octanol–water partition coefficient (Wildman–Crippen LogP) is 0.530. The van der Waals surface area contributed by atoms with Crippen molar-refractivity contribution in [2.24, 2.45) is 0 Å².